The van der Waals surface area contributed by atoms with Crippen molar-refractivity contribution in [3.05, 3.63) is 32.5 Å². The maximum atomic E-state index is 10.4. The lowest BCUT2D eigenvalue weighted by Crippen LogP contribution is -2.11. The number of hydrogen-bond acceptors (Lipinski definition) is 4. The molecule has 0 aliphatic heterocycles. The molecule has 0 aliphatic carbocycles. The van der Waals surface area contributed by atoms with E-state index in [2.05, 4.69) is 30.9 Å². The van der Waals surface area contributed by atoms with Crippen molar-refractivity contribution in [2.75, 3.05) is 0 Å². The lowest BCUT2D eigenvalue weighted by atomic mass is 9.98. The molecule has 4 nitrogen and oxygen atoms in total. The zero-order chi connectivity index (χ0) is 15.1. The Morgan fingerprint density at radius 2 is 2.10 bits per heavy atom. The van der Waals surface area contributed by atoms with Crippen LogP contribution in [0.15, 0.2) is 5.38 Å². The van der Waals surface area contributed by atoms with Gasteiger partial charge in [0, 0.05) is 29.8 Å². The van der Waals surface area contributed by atoms with Crippen LogP contribution in [0.3, 0.4) is 0 Å². The Morgan fingerprint density at radius 3 is 2.55 bits per heavy atom. The number of thiazole rings is 1. The second kappa shape index (κ2) is 5.47. The van der Waals surface area contributed by atoms with Gasteiger partial charge in [-0.25, -0.2) is 4.98 Å². The Labute approximate surface area is 128 Å². The summed E-state index contributed by atoms with van der Waals surface area (Å²) in [4.78, 5) is 4.54. The van der Waals surface area contributed by atoms with Crippen LogP contribution in [0.1, 0.15) is 48.8 Å². The van der Waals surface area contributed by atoms with Gasteiger partial charge in [-0.05, 0) is 6.92 Å². The van der Waals surface area contributed by atoms with Gasteiger partial charge in [-0.3, -0.25) is 4.68 Å². The average Bonchev–Trinajstić information content (AvgIpc) is 2.90. The highest BCUT2D eigenvalue weighted by atomic mass is 35.5. The highest BCUT2D eigenvalue weighted by molar-refractivity contribution is 7.09. The number of aliphatic hydroxyl groups is 1. The third-order valence-electron chi connectivity index (χ3n) is 3.17. The van der Waals surface area contributed by atoms with Gasteiger partial charge in [-0.2, -0.15) is 5.10 Å². The fraction of sp³-hybridized carbons (Fsp3) is 0.571. The van der Waals surface area contributed by atoms with E-state index in [-0.39, 0.29) is 5.41 Å². The first-order valence-corrected chi connectivity index (χ1v) is 7.78. The molecule has 2 aromatic heterocycles. The summed E-state index contributed by atoms with van der Waals surface area (Å²) >= 11 is 7.78. The summed E-state index contributed by atoms with van der Waals surface area (Å²) in [6.07, 6.45) is -0.214. The van der Waals surface area contributed by atoms with Gasteiger partial charge in [0.15, 0.2) is 0 Å². The van der Waals surface area contributed by atoms with Crippen LogP contribution >= 0.6 is 22.9 Å². The van der Waals surface area contributed by atoms with E-state index in [0.29, 0.717) is 17.3 Å². The summed E-state index contributed by atoms with van der Waals surface area (Å²) in [7, 11) is 1.80. The first-order valence-electron chi connectivity index (χ1n) is 6.52. The molecule has 1 atom stereocenters. The molecule has 0 spiro atoms. The summed E-state index contributed by atoms with van der Waals surface area (Å²) < 4.78 is 1.63. The molecule has 0 aromatic carbocycles. The first-order chi connectivity index (χ1) is 9.20. The van der Waals surface area contributed by atoms with Gasteiger partial charge in [-0.1, -0.05) is 32.4 Å². The maximum Gasteiger partial charge on any atom is 0.130 e. The molecule has 2 aromatic rings. The maximum absolute atomic E-state index is 10.4. The summed E-state index contributed by atoms with van der Waals surface area (Å²) in [5.74, 6) is 0. The summed E-state index contributed by atoms with van der Waals surface area (Å²) in [5, 5.41) is 18.1. The number of aromatic nitrogens is 3. The molecule has 2 heterocycles. The third kappa shape index (κ3) is 3.05. The van der Waals surface area contributed by atoms with Crippen LogP contribution in [0.4, 0.5) is 0 Å². The Hall–Kier alpha value is -0.910. The molecule has 0 radical (unpaired) electrons. The fourth-order valence-electron chi connectivity index (χ4n) is 1.99. The van der Waals surface area contributed by atoms with E-state index >= 15 is 0 Å². The third-order valence-corrected chi connectivity index (χ3v) is 4.93. The van der Waals surface area contributed by atoms with Gasteiger partial charge >= 0.3 is 0 Å². The van der Waals surface area contributed by atoms with E-state index in [9.17, 15) is 5.11 Å². The van der Waals surface area contributed by atoms with Crippen molar-refractivity contribution in [3.63, 3.8) is 0 Å². The van der Waals surface area contributed by atoms with Crippen LogP contribution in [-0.4, -0.2) is 19.9 Å². The zero-order valence-corrected chi connectivity index (χ0v) is 14.0. The van der Waals surface area contributed by atoms with Crippen molar-refractivity contribution in [2.45, 2.75) is 45.6 Å². The molecule has 0 bridgehead atoms. The van der Waals surface area contributed by atoms with Crippen LogP contribution < -0.4 is 0 Å². The van der Waals surface area contributed by atoms with Gasteiger partial charge < -0.3 is 5.11 Å². The van der Waals surface area contributed by atoms with E-state index < -0.39 is 6.10 Å². The molecule has 110 valence electrons. The number of nitrogens with zero attached hydrogens (tertiary/aromatic N) is 3. The van der Waals surface area contributed by atoms with Crippen LogP contribution in [0, 0.1) is 6.92 Å². The lowest BCUT2D eigenvalue weighted by molar-refractivity contribution is 0.174. The van der Waals surface area contributed by atoms with Crippen molar-refractivity contribution in [1.29, 1.82) is 0 Å². The highest BCUT2D eigenvalue weighted by Gasteiger charge is 2.22. The molecule has 1 N–H and O–H groups in total. The quantitative estimate of drug-likeness (QED) is 0.944. The van der Waals surface area contributed by atoms with Crippen molar-refractivity contribution in [3.8, 4) is 0 Å². The summed E-state index contributed by atoms with van der Waals surface area (Å²) in [6, 6.07) is 0. The molecule has 20 heavy (non-hydrogen) atoms. The number of aryl methyl sites for hydroxylation is 2. The number of aliphatic hydroxyl groups excluding tert-OH is 1. The monoisotopic (exact) mass is 313 g/mol. The van der Waals surface area contributed by atoms with Gasteiger partial charge in [0.05, 0.1) is 16.4 Å². The molecule has 0 amide bonds. The molecule has 0 fully saturated rings. The van der Waals surface area contributed by atoms with Crippen LogP contribution in [0.25, 0.3) is 0 Å². The zero-order valence-electron chi connectivity index (χ0n) is 12.4. The SMILES string of the molecule is Cc1nn(C)c(Cl)c1CC(O)c1csc(C(C)(C)C)n1. The minimum atomic E-state index is -0.650. The van der Waals surface area contributed by atoms with E-state index in [4.69, 9.17) is 11.6 Å². The number of rotatable bonds is 3. The standard InChI is InChI=1S/C14H20ClN3OS/c1-8-9(12(15)18(5)17-8)6-11(19)10-7-20-13(16-10)14(2,3)4/h7,11,19H,6H2,1-5H3. The largest absolute Gasteiger partial charge is 0.386 e. The number of halogens is 1. The topological polar surface area (TPSA) is 50.9 Å². The second-order valence-corrected chi connectivity index (χ2v) is 7.24. The van der Waals surface area contributed by atoms with Crippen molar-refractivity contribution < 1.29 is 5.11 Å². The van der Waals surface area contributed by atoms with Crippen LogP contribution in [-0.2, 0) is 18.9 Å². The predicted molar refractivity (Wildman–Crippen MR) is 82.4 cm³/mol. The minimum Gasteiger partial charge on any atom is -0.386 e. The highest BCUT2D eigenvalue weighted by Crippen LogP contribution is 2.30. The smallest absolute Gasteiger partial charge is 0.130 e. The normalized spacial score (nSPS) is 13.8. The lowest BCUT2D eigenvalue weighted by Gasteiger charge is -2.14. The Bertz CT molecular complexity index is 612. The van der Waals surface area contributed by atoms with Crippen LogP contribution in [0.5, 0.6) is 0 Å². The van der Waals surface area contributed by atoms with Crippen LogP contribution in [0.2, 0.25) is 5.15 Å². The van der Waals surface area contributed by atoms with Gasteiger partial charge in [0.1, 0.15) is 11.3 Å². The molecule has 0 aliphatic rings. The molecular weight excluding hydrogens is 294 g/mol. The number of hydrogen-bond donors (Lipinski definition) is 1. The Balaban J connectivity index is 2.20. The van der Waals surface area contributed by atoms with E-state index in [1.54, 1.807) is 23.1 Å². The second-order valence-electron chi connectivity index (χ2n) is 6.03. The first kappa shape index (κ1) is 15.5. The van der Waals surface area contributed by atoms with Crippen molar-refractivity contribution in [1.82, 2.24) is 14.8 Å². The molecule has 0 saturated carbocycles. The predicted octanol–water partition coefficient (Wildman–Crippen LogP) is 3.41. The van der Waals surface area contributed by atoms with Gasteiger partial charge in [0.2, 0.25) is 0 Å². The summed E-state index contributed by atoms with van der Waals surface area (Å²) in [5.41, 5.74) is 2.44. The molecular formula is C14H20ClN3OS. The average molecular weight is 314 g/mol. The Kier molecular flexibility index (Phi) is 4.23. The van der Waals surface area contributed by atoms with Gasteiger partial charge in [-0.15, -0.1) is 11.3 Å². The van der Waals surface area contributed by atoms with E-state index in [0.717, 1.165) is 16.3 Å². The van der Waals surface area contributed by atoms with Crippen molar-refractivity contribution >= 4 is 22.9 Å². The van der Waals surface area contributed by atoms with Gasteiger partial charge in [0.25, 0.3) is 0 Å². The van der Waals surface area contributed by atoms with Crippen molar-refractivity contribution in [2.24, 2.45) is 7.05 Å². The van der Waals surface area contributed by atoms with E-state index in [1.807, 2.05) is 12.3 Å². The van der Waals surface area contributed by atoms with E-state index in [1.165, 1.54) is 0 Å². The minimum absolute atomic E-state index is 0.00447. The summed E-state index contributed by atoms with van der Waals surface area (Å²) in [6.45, 7) is 8.24. The molecule has 0 saturated heterocycles. The fourth-order valence-corrected chi connectivity index (χ4v) is 3.19. The Morgan fingerprint density at radius 1 is 1.45 bits per heavy atom. The molecule has 2 rings (SSSR count). The molecule has 6 heteroatoms. The molecule has 1 unspecified atom stereocenters.